The number of benzene rings is 1. The van der Waals surface area contributed by atoms with Crippen LogP contribution in [0.4, 0.5) is 5.69 Å². The van der Waals surface area contributed by atoms with Crippen molar-refractivity contribution >= 4 is 34.6 Å². The maximum Gasteiger partial charge on any atom is 0.286 e. The lowest BCUT2D eigenvalue weighted by atomic mass is 10.2. The van der Waals surface area contributed by atoms with Crippen molar-refractivity contribution in [3.05, 3.63) is 34.7 Å². The molecule has 1 saturated heterocycles. The summed E-state index contributed by atoms with van der Waals surface area (Å²) in [5, 5.41) is 0.796. The number of hydrogen-bond acceptors (Lipinski definition) is 5. The van der Waals surface area contributed by atoms with Crippen molar-refractivity contribution < 1.29 is 9.53 Å². The number of ether oxygens (including phenoxy) is 1. The molecule has 6 heteroatoms. The van der Waals surface area contributed by atoms with Gasteiger partial charge in [0.25, 0.3) is 5.91 Å². The SMILES string of the molecule is CN(C)c1ccc(/C=C2\SC(N3CCOCC3)=NC2=O)cc1. The topological polar surface area (TPSA) is 45.1 Å². The van der Waals surface area contributed by atoms with E-state index in [1.165, 1.54) is 11.8 Å². The second kappa shape index (κ2) is 6.54. The van der Waals surface area contributed by atoms with Gasteiger partial charge in [0.05, 0.1) is 18.1 Å². The average molecular weight is 317 g/mol. The Bertz CT molecular complexity index is 617. The molecule has 2 heterocycles. The predicted molar refractivity (Wildman–Crippen MR) is 91.2 cm³/mol. The fraction of sp³-hybridized carbons (Fsp3) is 0.375. The Morgan fingerprint density at radius 2 is 1.91 bits per heavy atom. The summed E-state index contributed by atoms with van der Waals surface area (Å²) in [4.78, 5) is 21.1. The number of thioether (sulfide) groups is 1. The molecule has 116 valence electrons. The van der Waals surface area contributed by atoms with Crippen molar-refractivity contribution in [2.75, 3.05) is 45.3 Å². The van der Waals surface area contributed by atoms with Crippen molar-refractivity contribution in [2.24, 2.45) is 4.99 Å². The van der Waals surface area contributed by atoms with E-state index < -0.39 is 0 Å². The maximum atomic E-state index is 12.1. The van der Waals surface area contributed by atoms with Gasteiger partial charge in [-0.15, -0.1) is 0 Å². The number of nitrogens with zero attached hydrogens (tertiary/aromatic N) is 3. The van der Waals surface area contributed by atoms with Crippen LogP contribution in [0.15, 0.2) is 34.2 Å². The molecule has 22 heavy (non-hydrogen) atoms. The summed E-state index contributed by atoms with van der Waals surface area (Å²) in [5.74, 6) is -0.150. The lowest BCUT2D eigenvalue weighted by molar-refractivity contribution is -0.113. The fourth-order valence-electron chi connectivity index (χ4n) is 2.31. The van der Waals surface area contributed by atoms with Gasteiger partial charge in [-0.1, -0.05) is 12.1 Å². The van der Waals surface area contributed by atoms with Gasteiger partial charge >= 0.3 is 0 Å². The minimum Gasteiger partial charge on any atom is -0.378 e. The highest BCUT2D eigenvalue weighted by atomic mass is 32.2. The van der Waals surface area contributed by atoms with Gasteiger partial charge in [0, 0.05) is 32.9 Å². The highest BCUT2D eigenvalue weighted by molar-refractivity contribution is 8.18. The van der Waals surface area contributed by atoms with Crippen molar-refractivity contribution in [3.63, 3.8) is 0 Å². The molecule has 3 rings (SSSR count). The van der Waals surface area contributed by atoms with Crippen LogP contribution in [0.25, 0.3) is 6.08 Å². The molecule has 0 spiro atoms. The fourth-order valence-corrected chi connectivity index (χ4v) is 3.27. The Kier molecular flexibility index (Phi) is 4.49. The smallest absolute Gasteiger partial charge is 0.286 e. The zero-order chi connectivity index (χ0) is 15.5. The van der Waals surface area contributed by atoms with Crippen LogP contribution in [-0.4, -0.2) is 56.4 Å². The molecule has 0 aliphatic carbocycles. The second-order valence-electron chi connectivity index (χ2n) is 5.40. The number of amidine groups is 1. The number of amides is 1. The van der Waals surface area contributed by atoms with E-state index in [1.54, 1.807) is 0 Å². The Labute approximate surface area is 134 Å². The molecule has 2 aliphatic rings. The van der Waals surface area contributed by atoms with Gasteiger partial charge in [0.2, 0.25) is 0 Å². The molecular formula is C16H19N3O2S. The van der Waals surface area contributed by atoms with E-state index in [2.05, 4.69) is 9.89 Å². The molecule has 0 aromatic heterocycles. The molecular weight excluding hydrogens is 298 g/mol. The van der Waals surface area contributed by atoms with Crippen molar-refractivity contribution in [3.8, 4) is 0 Å². The number of aliphatic imine (C=N–C) groups is 1. The summed E-state index contributed by atoms with van der Waals surface area (Å²) in [7, 11) is 4.01. The van der Waals surface area contributed by atoms with Crippen molar-refractivity contribution in [1.82, 2.24) is 4.90 Å². The van der Waals surface area contributed by atoms with Crippen LogP contribution >= 0.6 is 11.8 Å². The lowest BCUT2D eigenvalue weighted by Crippen LogP contribution is -2.38. The highest BCUT2D eigenvalue weighted by Gasteiger charge is 2.26. The summed E-state index contributed by atoms with van der Waals surface area (Å²) in [6, 6.07) is 8.12. The van der Waals surface area contributed by atoms with E-state index in [0.29, 0.717) is 18.1 Å². The van der Waals surface area contributed by atoms with E-state index in [1.807, 2.05) is 49.3 Å². The number of carbonyl (C=O) groups excluding carboxylic acids is 1. The third-order valence-corrected chi connectivity index (χ3v) is 4.64. The van der Waals surface area contributed by atoms with E-state index in [-0.39, 0.29) is 5.91 Å². The van der Waals surface area contributed by atoms with E-state index >= 15 is 0 Å². The van der Waals surface area contributed by atoms with Crippen LogP contribution in [0.5, 0.6) is 0 Å². The predicted octanol–water partition coefficient (Wildman–Crippen LogP) is 2.06. The number of anilines is 1. The van der Waals surface area contributed by atoms with Crippen LogP contribution in [-0.2, 0) is 9.53 Å². The molecule has 1 fully saturated rings. The number of hydrogen-bond donors (Lipinski definition) is 0. The van der Waals surface area contributed by atoms with Crippen molar-refractivity contribution in [2.45, 2.75) is 0 Å². The first-order valence-corrected chi connectivity index (χ1v) is 8.08. The molecule has 0 N–H and O–H groups in total. The van der Waals surface area contributed by atoms with Gasteiger partial charge in [-0.2, -0.15) is 4.99 Å². The van der Waals surface area contributed by atoms with Gasteiger partial charge in [-0.3, -0.25) is 4.79 Å². The Morgan fingerprint density at radius 3 is 2.55 bits per heavy atom. The lowest BCUT2D eigenvalue weighted by Gasteiger charge is -2.27. The summed E-state index contributed by atoms with van der Waals surface area (Å²) in [5.41, 5.74) is 2.15. The maximum absolute atomic E-state index is 12.1. The summed E-state index contributed by atoms with van der Waals surface area (Å²) in [6.45, 7) is 2.98. The van der Waals surface area contributed by atoms with Crippen molar-refractivity contribution in [1.29, 1.82) is 0 Å². The molecule has 2 aliphatic heterocycles. The first-order chi connectivity index (χ1) is 10.6. The van der Waals surface area contributed by atoms with Gasteiger partial charge in [0.1, 0.15) is 0 Å². The largest absolute Gasteiger partial charge is 0.378 e. The Balaban J connectivity index is 1.71. The summed E-state index contributed by atoms with van der Waals surface area (Å²) < 4.78 is 5.33. The first-order valence-electron chi connectivity index (χ1n) is 7.26. The van der Waals surface area contributed by atoms with Gasteiger partial charge in [-0.05, 0) is 35.5 Å². The molecule has 1 amide bonds. The van der Waals surface area contributed by atoms with Gasteiger partial charge < -0.3 is 14.5 Å². The van der Waals surface area contributed by atoms with Gasteiger partial charge in [0.15, 0.2) is 5.17 Å². The van der Waals surface area contributed by atoms with Crippen LogP contribution in [0.1, 0.15) is 5.56 Å². The number of carbonyl (C=O) groups is 1. The zero-order valence-electron chi connectivity index (χ0n) is 12.8. The Hall–Kier alpha value is -1.79. The van der Waals surface area contributed by atoms with Crippen LogP contribution < -0.4 is 4.90 Å². The van der Waals surface area contributed by atoms with Gasteiger partial charge in [-0.25, -0.2) is 0 Å². The molecule has 0 unspecified atom stereocenters. The molecule has 1 aromatic rings. The first kappa shape index (κ1) is 15.1. The molecule has 0 radical (unpaired) electrons. The van der Waals surface area contributed by atoms with Crippen LogP contribution in [0, 0.1) is 0 Å². The zero-order valence-corrected chi connectivity index (χ0v) is 13.6. The standard InChI is InChI=1S/C16H19N3O2S/c1-18(2)13-5-3-12(4-6-13)11-14-15(20)17-16(22-14)19-7-9-21-10-8-19/h3-6,11H,7-10H2,1-2H3/b14-11-. The van der Waals surface area contributed by atoms with Crippen LogP contribution in [0.3, 0.4) is 0 Å². The van der Waals surface area contributed by atoms with E-state index in [4.69, 9.17) is 4.74 Å². The minimum absolute atomic E-state index is 0.150. The molecule has 0 atom stereocenters. The second-order valence-corrected chi connectivity index (χ2v) is 6.40. The normalized spacial score (nSPS) is 20.5. The quantitative estimate of drug-likeness (QED) is 0.781. The van der Waals surface area contributed by atoms with Crippen LogP contribution in [0.2, 0.25) is 0 Å². The number of morpholine rings is 1. The third kappa shape index (κ3) is 3.34. The highest BCUT2D eigenvalue weighted by Crippen LogP contribution is 2.30. The minimum atomic E-state index is -0.150. The van der Waals surface area contributed by atoms with E-state index in [0.717, 1.165) is 29.5 Å². The number of rotatable bonds is 2. The molecule has 0 saturated carbocycles. The van der Waals surface area contributed by atoms with E-state index in [9.17, 15) is 4.79 Å². The summed E-state index contributed by atoms with van der Waals surface area (Å²) >= 11 is 1.45. The molecule has 1 aromatic carbocycles. The monoisotopic (exact) mass is 317 g/mol. The molecule has 0 bridgehead atoms. The average Bonchev–Trinajstić information content (AvgIpc) is 2.90. The Morgan fingerprint density at radius 1 is 1.23 bits per heavy atom. The molecule has 5 nitrogen and oxygen atoms in total. The summed E-state index contributed by atoms with van der Waals surface area (Å²) in [6.07, 6.45) is 1.91. The third-order valence-electron chi connectivity index (χ3n) is 3.60.